The zero-order chi connectivity index (χ0) is 21.8. The molecule has 0 radical (unpaired) electrons. The van der Waals surface area contributed by atoms with Crippen molar-refractivity contribution in [3.63, 3.8) is 0 Å². The van der Waals surface area contributed by atoms with Crippen LogP contribution in [0.3, 0.4) is 0 Å². The number of nitrogens with one attached hydrogen (secondary N) is 1. The molecule has 0 spiro atoms. The summed E-state index contributed by atoms with van der Waals surface area (Å²) >= 11 is 0. The number of nitro groups is 1. The highest BCUT2D eigenvalue weighted by Crippen LogP contribution is 2.30. The second-order valence-electron chi connectivity index (χ2n) is 7.43. The number of amides is 1. The van der Waals surface area contributed by atoms with E-state index in [1.54, 1.807) is 24.3 Å². The number of carboxylic acid groups (broad SMARTS) is 1. The maximum atomic E-state index is 13.0. The number of aliphatic carboxylic acids is 1. The molecule has 3 aromatic carbocycles. The van der Waals surface area contributed by atoms with Crippen LogP contribution < -0.4 is 5.32 Å². The summed E-state index contributed by atoms with van der Waals surface area (Å²) in [6.07, 6.45) is 0. The number of nitrogens with zero attached hydrogens (tertiary/aromatic N) is 1. The molecule has 0 fully saturated rings. The lowest BCUT2D eigenvalue weighted by molar-refractivity contribution is -0.384. The van der Waals surface area contributed by atoms with Gasteiger partial charge in [-0.15, -0.1) is 0 Å². The molecule has 2 unspecified atom stereocenters. The van der Waals surface area contributed by atoms with Crippen LogP contribution in [0, 0.1) is 16.0 Å². The van der Waals surface area contributed by atoms with Crippen LogP contribution in [0.15, 0.2) is 66.7 Å². The first-order valence-electron chi connectivity index (χ1n) is 9.55. The van der Waals surface area contributed by atoms with Crippen LogP contribution in [0.1, 0.15) is 35.7 Å². The molecule has 0 aliphatic heterocycles. The Hall–Kier alpha value is -3.74. The van der Waals surface area contributed by atoms with Gasteiger partial charge < -0.3 is 10.4 Å². The number of fused-ring (bicyclic) bond motifs is 1. The lowest BCUT2D eigenvalue weighted by Crippen LogP contribution is -2.46. The molecule has 1 amide bonds. The van der Waals surface area contributed by atoms with Gasteiger partial charge in [0.15, 0.2) is 0 Å². The number of rotatable bonds is 7. The molecule has 0 bridgehead atoms. The van der Waals surface area contributed by atoms with Crippen molar-refractivity contribution in [3.8, 4) is 0 Å². The van der Waals surface area contributed by atoms with Gasteiger partial charge in [0.1, 0.15) is 6.04 Å². The number of carbonyl (C=O) groups excluding carboxylic acids is 1. The number of hydrogen-bond acceptors (Lipinski definition) is 4. The molecule has 0 aliphatic carbocycles. The summed E-state index contributed by atoms with van der Waals surface area (Å²) in [5.41, 5.74) is 0.930. The summed E-state index contributed by atoms with van der Waals surface area (Å²) in [5, 5.41) is 25.1. The summed E-state index contributed by atoms with van der Waals surface area (Å²) in [6.45, 7) is 3.71. The van der Waals surface area contributed by atoms with Crippen molar-refractivity contribution in [3.05, 3.63) is 88.0 Å². The van der Waals surface area contributed by atoms with Crippen molar-refractivity contribution in [2.24, 2.45) is 5.92 Å². The Balaban J connectivity index is 1.95. The summed E-state index contributed by atoms with van der Waals surface area (Å²) in [4.78, 5) is 35.5. The maximum Gasteiger partial charge on any atom is 0.326 e. The van der Waals surface area contributed by atoms with Crippen molar-refractivity contribution in [1.29, 1.82) is 0 Å². The minimum absolute atomic E-state index is 0.0760. The average Bonchev–Trinajstić information content (AvgIpc) is 2.72. The van der Waals surface area contributed by atoms with Gasteiger partial charge in [0.25, 0.3) is 11.6 Å². The fourth-order valence-corrected chi connectivity index (χ4v) is 3.73. The topological polar surface area (TPSA) is 110 Å². The molecule has 0 aliphatic rings. The van der Waals surface area contributed by atoms with Gasteiger partial charge in [-0.1, -0.05) is 62.4 Å². The number of carboxylic acids is 1. The molecule has 7 nitrogen and oxygen atoms in total. The first-order valence-corrected chi connectivity index (χ1v) is 9.55. The van der Waals surface area contributed by atoms with Crippen LogP contribution in [0.2, 0.25) is 0 Å². The van der Waals surface area contributed by atoms with E-state index >= 15 is 0 Å². The van der Waals surface area contributed by atoms with E-state index in [1.165, 1.54) is 12.1 Å². The van der Waals surface area contributed by atoms with Gasteiger partial charge in [-0.2, -0.15) is 0 Å². The van der Waals surface area contributed by atoms with E-state index in [0.717, 1.165) is 10.8 Å². The molecular formula is C23H22N2O5. The van der Waals surface area contributed by atoms with E-state index in [0.29, 0.717) is 11.1 Å². The van der Waals surface area contributed by atoms with Gasteiger partial charge >= 0.3 is 5.97 Å². The standard InChI is InChI=1S/C23H22N2O5/c1-14(2)20(16-10-12-17(13-11-16)25(29)30)21(23(27)28)24-22(26)19-9-5-7-15-6-3-4-8-18(15)19/h3-14,20-21H,1-2H3,(H,24,26)(H,27,28). The number of nitro benzene ring substituents is 1. The molecule has 154 valence electrons. The van der Waals surface area contributed by atoms with Crippen LogP contribution in [-0.4, -0.2) is 27.9 Å². The van der Waals surface area contributed by atoms with Crippen LogP contribution >= 0.6 is 0 Å². The van der Waals surface area contributed by atoms with Gasteiger partial charge in [-0.3, -0.25) is 14.9 Å². The quantitative estimate of drug-likeness (QED) is 0.447. The highest BCUT2D eigenvalue weighted by Gasteiger charge is 2.34. The van der Waals surface area contributed by atoms with Crippen molar-refractivity contribution in [2.45, 2.75) is 25.8 Å². The molecule has 7 heteroatoms. The zero-order valence-electron chi connectivity index (χ0n) is 16.6. The Morgan fingerprint density at radius 1 is 0.967 bits per heavy atom. The third kappa shape index (κ3) is 4.30. The lowest BCUT2D eigenvalue weighted by Gasteiger charge is -2.28. The predicted molar refractivity (Wildman–Crippen MR) is 114 cm³/mol. The number of benzene rings is 3. The minimum Gasteiger partial charge on any atom is -0.480 e. The molecule has 0 heterocycles. The Morgan fingerprint density at radius 3 is 2.20 bits per heavy atom. The van der Waals surface area contributed by atoms with E-state index in [-0.39, 0.29) is 11.6 Å². The Morgan fingerprint density at radius 2 is 1.60 bits per heavy atom. The van der Waals surface area contributed by atoms with Gasteiger partial charge in [0.05, 0.1) is 4.92 Å². The van der Waals surface area contributed by atoms with Gasteiger partial charge in [-0.25, -0.2) is 4.79 Å². The number of hydrogen-bond donors (Lipinski definition) is 2. The third-order valence-corrected chi connectivity index (χ3v) is 5.15. The fraction of sp³-hybridized carbons (Fsp3) is 0.217. The van der Waals surface area contributed by atoms with E-state index in [4.69, 9.17) is 0 Å². The van der Waals surface area contributed by atoms with Crippen LogP contribution in [0.25, 0.3) is 10.8 Å². The molecule has 30 heavy (non-hydrogen) atoms. The SMILES string of the molecule is CC(C)C(c1ccc([N+](=O)[O-])cc1)C(NC(=O)c1cccc2ccccc12)C(=O)O. The van der Waals surface area contributed by atoms with E-state index in [2.05, 4.69) is 5.32 Å². The summed E-state index contributed by atoms with van der Waals surface area (Å²) in [7, 11) is 0. The smallest absolute Gasteiger partial charge is 0.326 e. The number of non-ortho nitro benzene ring substituents is 1. The Labute approximate surface area is 173 Å². The van der Waals surface area contributed by atoms with Gasteiger partial charge in [0.2, 0.25) is 0 Å². The van der Waals surface area contributed by atoms with E-state index in [9.17, 15) is 24.8 Å². The molecule has 0 aromatic heterocycles. The average molecular weight is 406 g/mol. The van der Waals surface area contributed by atoms with Crippen molar-refractivity contribution in [1.82, 2.24) is 5.32 Å². The van der Waals surface area contributed by atoms with Crippen LogP contribution in [-0.2, 0) is 4.79 Å². The van der Waals surface area contributed by atoms with Gasteiger partial charge in [0, 0.05) is 23.6 Å². The molecule has 0 saturated heterocycles. The number of carbonyl (C=O) groups is 2. The lowest BCUT2D eigenvalue weighted by atomic mass is 9.82. The first kappa shape index (κ1) is 21.0. The van der Waals surface area contributed by atoms with E-state index < -0.39 is 28.8 Å². The minimum atomic E-state index is -1.20. The largest absolute Gasteiger partial charge is 0.480 e. The Bertz CT molecular complexity index is 1090. The van der Waals surface area contributed by atoms with Crippen molar-refractivity contribution < 1.29 is 19.6 Å². The molecule has 0 saturated carbocycles. The third-order valence-electron chi connectivity index (χ3n) is 5.15. The highest BCUT2D eigenvalue weighted by atomic mass is 16.6. The molecule has 2 N–H and O–H groups in total. The fourth-order valence-electron chi connectivity index (χ4n) is 3.73. The predicted octanol–water partition coefficient (Wildman–Crippen LogP) is 4.37. The van der Waals surface area contributed by atoms with Gasteiger partial charge in [-0.05, 0) is 28.3 Å². The summed E-state index contributed by atoms with van der Waals surface area (Å²) < 4.78 is 0. The second-order valence-corrected chi connectivity index (χ2v) is 7.43. The second kappa shape index (κ2) is 8.73. The van der Waals surface area contributed by atoms with Crippen molar-refractivity contribution >= 4 is 28.3 Å². The summed E-state index contributed by atoms with van der Waals surface area (Å²) in [5.74, 6) is -2.35. The van der Waals surface area contributed by atoms with Crippen molar-refractivity contribution in [2.75, 3.05) is 0 Å². The monoisotopic (exact) mass is 406 g/mol. The maximum absolute atomic E-state index is 13.0. The molecular weight excluding hydrogens is 384 g/mol. The first-order chi connectivity index (χ1) is 14.3. The molecule has 3 aromatic rings. The molecule has 3 rings (SSSR count). The molecule has 2 atom stereocenters. The summed E-state index contributed by atoms with van der Waals surface area (Å²) in [6, 6.07) is 17.3. The normalized spacial score (nSPS) is 13.0. The zero-order valence-corrected chi connectivity index (χ0v) is 16.6. The Kier molecular flexibility index (Phi) is 6.11. The van der Waals surface area contributed by atoms with Crippen LogP contribution in [0.5, 0.6) is 0 Å². The van der Waals surface area contributed by atoms with E-state index in [1.807, 2.05) is 44.2 Å². The van der Waals surface area contributed by atoms with Crippen LogP contribution in [0.4, 0.5) is 5.69 Å². The highest BCUT2D eigenvalue weighted by molar-refractivity contribution is 6.08.